The van der Waals surface area contributed by atoms with Crippen LogP contribution < -0.4 is 5.43 Å². The average Bonchev–Trinajstić information content (AvgIpc) is 2.90. The molecule has 2 aromatic carbocycles. The maximum Gasteiger partial charge on any atom is 0.275 e. The van der Waals surface area contributed by atoms with Gasteiger partial charge in [0.25, 0.3) is 5.91 Å². The summed E-state index contributed by atoms with van der Waals surface area (Å²) in [6, 6.07) is 14.7. The molecule has 0 aliphatic rings. The van der Waals surface area contributed by atoms with Crippen molar-refractivity contribution in [3.63, 3.8) is 0 Å². The van der Waals surface area contributed by atoms with Crippen LogP contribution in [-0.4, -0.2) is 21.8 Å². The van der Waals surface area contributed by atoms with Crippen LogP contribution in [0.1, 0.15) is 38.4 Å². The summed E-state index contributed by atoms with van der Waals surface area (Å²) in [5.74, 6) is -0.522. The molecule has 0 aliphatic heterocycles. The van der Waals surface area contributed by atoms with Crippen LogP contribution in [0.3, 0.4) is 0 Å². The third-order valence-electron chi connectivity index (χ3n) is 4.65. The highest BCUT2D eigenvalue weighted by atomic mass is 16.3. The molecule has 5 nitrogen and oxygen atoms in total. The van der Waals surface area contributed by atoms with Crippen molar-refractivity contribution in [2.45, 2.75) is 27.7 Å². The predicted octanol–water partition coefficient (Wildman–Crippen LogP) is 4.18. The smallest absolute Gasteiger partial charge is 0.275 e. The van der Waals surface area contributed by atoms with E-state index in [1.165, 1.54) is 22.9 Å². The van der Waals surface area contributed by atoms with Gasteiger partial charge in [-0.2, -0.15) is 5.10 Å². The highest BCUT2D eigenvalue weighted by Crippen LogP contribution is 2.25. The van der Waals surface area contributed by atoms with Crippen LogP contribution in [0.25, 0.3) is 5.69 Å². The molecule has 3 rings (SSSR count). The Morgan fingerprint density at radius 3 is 2.37 bits per heavy atom. The number of phenolic OH excluding ortho intramolecular Hbond substituents is 1. The minimum Gasteiger partial charge on any atom is -0.507 e. The average molecular weight is 361 g/mol. The molecule has 27 heavy (non-hydrogen) atoms. The molecule has 1 amide bonds. The van der Waals surface area contributed by atoms with E-state index in [0.29, 0.717) is 0 Å². The lowest BCUT2D eigenvalue weighted by atomic mass is 10.1. The quantitative estimate of drug-likeness (QED) is 0.541. The number of hydrazone groups is 1. The molecule has 0 atom stereocenters. The molecular formula is C22H23N3O2. The summed E-state index contributed by atoms with van der Waals surface area (Å²) in [5.41, 5.74) is 9.30. The van der Waals surface area contributed by atoms with E-state index in [9.17, 15) is 9.90 Å². The fourth-order valence-electron chi connectivity index (χ4n) is 3.31. The zero-order valence-corrected chi connectivity index (χ0v) is 15.9. The third kappa shape index (κ3) is 3.62. The fraction of sp³-hybridized carbons (Fsp3) is 0.182. The standard InChI is InChI=1S/C22H23N3O2/c1-14-8-7-9-15(2)21(14)25-16(3)12-18(17(25)4)13-23-24-22(27)19-10-5-6-11-20(19)26/h5-13,26H,1-4H3,(H,24,27)/b23-13-. The number of phenols is 1. The van der Waals surface area contributed by atoms with E-state index in [4.69, 9.17) is 0 Å². The monoisotopic (exact) mass is 361 g/mol. The summed E-state index contributed by atoms with van der Waals surface area (Å²) in [4.78, 5) is 12.1. The van der Waals surface area contributed by atoms with E-state index in [1.54, 1.807) is 24.4 Å². The van der Waals surface area contributed by atoms with Gasteiger partial charge in [0.2, 0.25) is 0 Å². The van der Waals surface area contributed by atoms with Gasteiger partial charge in [0.15, 0.2) is 0 Å². The number of hydrogen-bond acceptors (Lipinski definition) is 3. The van der Waals surface area contributed by atoms with Crippen LogP contribution in [0, 0.1) is 27.7 Å². The lowest BCUT2D eigenvalue weighted by Gasteiger charge is -2.15. The molecule has 5 heteroatoms. The van der Waals surface area contributed by atoms with Gasteiger partial charge >= 0.3 is 0 Å². The Kier molecular flexibility index (Phi) is 5.12. The van der Waals surface area contributed by atoms with Crippen molar-refractivity contribution < 1.29 is 9.90 Å². The van der Waals surface area contributed by atoms with E-state index in [2.05, 4.69) is 54.1 Å². The Bertz CT molecular complexity index is 1010. The first kappa shape index (κ1) is 18.5. The van der Waals surface area contributed by atoms with Crippen LogP contribution in [-0.2, 0) is 0 Å². The first-order valence-corrected chi connectivity index (χ1v) is 8.77. The SMILES string of the molecule is Cc1cccc(C)c1-n1c(C)cc(/C=N\NC(=O)c2ccccc2O)c1C. The summed E-state index contributed by atoms with van der Waals surface area (Å²) >= 11 is 0. The molecule has 0 saturated carbocycles. The van der Waals surface area contributed by atoms with Crippen molar-refractivity contribution >= 4 is 12.1 Å². The van der Waals surface area contributed by atoms with E-state index in [-0.39, 0.29) is 11.3 Å². The van der Waals surface area contributed by atoms with Gasteiger partial charge in [-0.05, 0) is 57.0 Å². The summed E-state index contributed by atoms with van der Waals surface area (Å²) in [7, 11) is 0. The fourth-order valence-corrected chi connectivity index (χ4v) is 3.31. The molecule has 1 heterocycles. The van der Waals surface area contributed by atoms with E-state index < -0.39 is 5.91 Å². The lowest BCUT2D eigenvalue weighted by Crippen LogP contribution is -2.17. The van der Waals surface area contributed by atoms with Gasteiger partial charge in [-0.3, -0.25) is 4.79 Å². The Hall–Kier alpha value is -3.34. The first-order chi connectivity index (χ1) is 12.9. The van der Waals surface area contributed by atoms with Gasteiger partial charge in [-0.1, -0.05) is 30.3 Å². The number of rotatable bonds is 4. The van der Waals surface area contributed by atoms with Gasteiger partial charge < -0.3 is 9.67 Å². The van der Waals surface area contributed by atoms with Crippen LogP contribution in [0.4, 0.5) is 0 Å². The molecule has 0 radical (unpaired) electrons. The van der Waals surface area contributed by atoms with Crippen molar-refractivity contribution in [3.05, 3.63) is 82.2 Å². The van der Waals surface area contributed by atoms with Crippen molar-refractivity contribution in [2.75, 3.05) is 0 Å². The topological polar surface area (TPSA) is 66.6 Å². The summed E-state index contributed by atoms with van der Waals surface area (Å²) < 4.78 is 2.21. The second-order valence-electron chi connectivity index (χ2n) is 6.62. The molecule has 0 aliphatic carbocycles. The van der Waals surface area contributed by atoms with E-state index in [1.807, 2.05) is 13.0 Å². The number of aromatic hydroxyl groups is 1. The normalized spacial score (nSPS) is 11.1. The second-order valence-corrected chi connectivity index (χ2v) is 6.62. The van der Waals surface area contributed by atoms with Crippen molar-refractivity contribution in [1.82, 2.24) is 9.99 Å². The number of carbonyl (C=O) groups is 1. The van der Waals surface area contributed by atoms with Crippen LogP contribution >= 0.6 is 0 Å². The molecule has 3 aromatic rings. The molecule has 0 saturated heterocycles. The van der Waals surface area contributed by atoms with Gasteiger partial charge in [-0.25, -0.2) is 5.43 Å². The maximum atomic E-state index is 12.1. The number of amides is 1. The number of carbonyl (C=O) groups excluding carboxylic acids is 1. The van der Waals surface area contributed by atoms with Gasteiger partial charge in [-0.15, -0.1) is 0 Å². The summed E-state index contributed by atoms with van der Waals surface area (Å²) in [5, 5.41) is 13.8. The molecule has 0 bridgehead atoms. The van der Waals surface area contributed by atoms with E-state index >= 15 is 0 Å². The number of hydrogen-bond donors (Lipinski definition) is 2. The number of aromatic nitrogens is 1. The molecule has 1 aromatic heterocycles. The van der Waals surface area contributed by atoms with Gasteiger partial charge in [0.05, 0.1) is 17.5 Å². The van der Waals surface area contributed by atoms with Crippen molar-refractivity contribution in [3.8, 4) is 11.4 Å². The molecule has 0 fully saturated rings. The van der Waals surface area contributed by atoms with Crippen molar-refractivity contribution in [2.24, 2.45) is 5.10 Å². The minimum absolute atomic E-state index is 0.0709. The Balaban J connectivity index is 1.86. The molecule has 0 unspecified atom stereocenters. The van der Waals surface area contributed by atoms with Crippen LogP contribution in [0.15, 0.2) is 53.6 Å². The summed E-state index contributed by atoms with van der Waals surface area (Å²) in [6.07, 6.45) is 1.63. The number of nitrogens with zero attached hydrogens (tertiary/aromatic N) is 2. The number of nitrogens with one attached hydrogen (secondary N) is 1. The predicted molar refractivity (Wildman–Crippen MR) is 108 cm³/mol. The highest BCUT2D eigenvalue weighted by Gasteiger charge is 2.13. The molecule has 138 valence electrons. The Morgan fingerprint density at radius 1 is 1.04 bits per heavy atom. The third-order valence-corrected chi connectivity index (χ3v) is 4.65. The van der Waals surface area contributed by atoms with Crippen molar-refractivity contribution in [1.29, 1.82) is 0 Å². The minimum atomic E-state index is -0.451. The highest BCUT2D eigenvalue weighted by molar-refractivity contribution is 5.97. The summed E-state index contributed by atoms with van der Waals surface area (Å²) in [6.45, 7) is 8.28. The molecule has 2 N–H and O–H groups in total. The van der Waals surface area contributed by atoms with Crippen LogP contribution in [0.2, 0.25) is 0 Å². The Labute approximate surface area is 159 Å². The largest absolute Gasteiger partial charge is 0.507 e. The molecular weight excluding hydrogens is 338 g/mol. The zero-order chi connectivity index (χ0) is 19.6. The van der Waals surface area contributed by atoms with Crippen LogP contribution in [0.5, 0.6) is 5.75 Å². The maximum absolute atomic E-state index is 12.1. The zero-order valence-electron chi connectivity index (χ0n) is 15.9. The second kappa shape index (κ2) is 7.50. The first-order valence-electron chi connectivity index (χ1n) is 8.77. The van der Waals surface area contributed by atoms with Gasteiger partial charge in [0, 0.05) is 17.0 Å². The van der Waals surface area contributed by atoms with E-state index in [0.717, 1.165) is 17.0 Å². The van der Waals surface area contributed by atoms with Gasteiger partial charge in [0.1, 0.15) is 5.75 Å². The number of benzene rings is 2. The number of para-hydroxylation sites is 2. The Morgan fingerprint density at radius 2 is 1.70 bits per heavy atom. The number of aryl methyl sites for hydroxylation is 3. The lowest BCUT2D eigenvalue weighted by molar-refractivity contribution is 0.0952. The molecule has 0 spiro atoms.